The molecule has 7 heteroatoms. The molecule has 0 radical (unpaired) electrons. The predicted octanol–water partition coefficient (Wildman–Crippen LogP) is 7.83. The zero-order valence-electron chi connectivity index (χ0n) is 23.3. The van der Waals surface area contributed by atoms with Crippen LogP contribution in [0.1, 0.15) is 11.3 Å². The smallest absolute Gasteiger partial charge is 0.238 e. The SMILES string of the molecule is C1=C=Cc2c(c3ccc4c5ccccc5n(-c5nc(-c6ccccn6)nc(-c6ccccn6)n5)c4c3n2-c2ccccc2)C=1. The number of pyridine rings is 2. The van der Waals surface area contributed by atoms with E-state index in [1.54, 1.807) is 12.4 Å². The van der Waals surface area contributed by atoms with E-state index < -0.39 is 0 Å². The molecular formula is C37H21N7. The maximum atomic E-state index is 5.06. The Balaban J connectivity index is 1.47. The Kier molecular flexibility index (Phi) is 5.28. The van der Waals surface area contributed by atoms with Gasteiger partial charge < -0.3 is 4.57 Å². The fraction of sp³-hybridized carbons (Fsp3) is 0. The molecule has 0 spiro atoms. The number of benzene rings is 3. The van der Waals surface area contributed by atoms with Gasteiger partial charge in [0.1, 0.15) is 11.4 Å². The summed E-state index contributed by atoms with van der Waals surface area (Å²) in [6, 6.07) is 34.6. The third-order valence-corrected chi connectivity index (χ3v) is 7.98. The van der Waals surface area contributed by atoms with E-state index in [9.17, 15) is 0 Å². The zero-order chi connectivity index (χ0) is 29.0. The van der Waals surface area contributed by atoms with Crippen molar-refractivity contribution < 1.29 is 0 Å². The normalized spacial score (nSPS) is 12.0. The summed E-state index contributed by atoms with van der Waals surface area (Å²) in [5.74, 6) is 1.44. The summed E-state index contributed by atoms with van der Waals surface area (Å²) >= 11 is 0. The lowest BCUT2D eigenvalue weighted by molar-refractivity contribution is 0.943. The van der Waals surface area contributed by atoms with E-state index in [2.05, 4.69) is 85.2 Å². The number of para-hydroxylation sites is 2. The minimum absolute atomic E-state index is 0.474. The molecule has 0 N–H and O–H groups in total. The summed E-state index contributed by atoms with van der Waals surface area (Å²) in [6.07, 6.45) is 7.50. The quantitative estimate of drug-likeness (QED) is 0.204. The fourth-order valence-electron chi connectivity index (χ4n) is 6.12. The van der Waals surface area contributed by atoms with Crippen LogP contribution in [0.5, 0.6) is 0 Å². The van der Waals surface area contributed by atoms with E-state index in [1.165, 1.54) is 0 Å². The monoisotopic (exact) mass is 563 g/mol. The number of nitrogens with zero attached hydrogens (tertiary/aromatic N) is 7. The first-order valence-electron chi connectivity index (χ1n) is 14.3. The first-order valence-corrected chi connectivity index (χ1v) is 14.3. The standard InChI is InChI=1S/C37H21N7/c1-2-12-24(13-3-1)43-31-18-6-4-14-25(31)27-20-21-28-26-15-5-7-19-32(26)44(34(28)33(27)43)37-41-35(29-16-8-10-22-38-29)40-36(42-37)30-17-9-11-23-39-30/h1-3,5,7-23H. The van der Waals surface area contributed by atoms with E-state index in [0.717, 1.165) is 49.7 Å². The summed E-state index contributed by atoms with van der Waals surface area (Å²) < 4.78 is 4.45. The Bertz CT molecular complexity index is 2440. The van der Waals surface area contributed by atoms with Gasteiger partial charge in [0, 0.05) is 45.9 Å². The molecule has 0 fully saturated rings. The van der Waals surface area contributed by atoms with E-state index in [1.807, 2.05) is 60.7 Å². The average Bonchev–Trinajstić information content (AvgIpc) is 3.62. The summed E-state index contributed by atoms with van der Waals surface area (Å²) in [5.41, 5.74) is 13.9. The van der Waals surface area contributed by atoms with Gasteiger partial charge in [-0.2, -0.15) is 9.97 Å². The van der Waals surface area contributed by atoms with Crippen molar-refractivity contribution in [1.29, 1.82) is 0 Å². The Hall–Kier alpha value is -6.39. The van der Waals surface area contributed by atoms with Gasteiger partial charge >= 0.3 is 0 Å². The number of rotatable bonds is 4. The van der Waals surface area contributed by atoms with Crippen molar-refractivity contribution in [3.8, 4) is 34.7 Å². The molecule has 0 saturated carbocycles. The van der Waals surface area contributed by atoms with Crippen LogP contribution in [-0.4, -0.2) is 34.1 Å². The molecule has 5 aromatic heterocycles. The molecule has 0 saturated heterocycles. The second-order valence-corrected chi connectivity index (χ2v) is 10.5. The largest absolute Gasteiger partial charge is 0.306 e. The highest BCUT2D eigenvalue weighted by atomic mass is 15.2. The minimum Gasteiger partial charge on any atom is -0.306 e. The van der Waals surface area contributed by atoms with E-state index in [0.29, 0.717) is 29.0 Å². The van der Waals surface area contributed by atoms with Crippen molar-refractivity contribution in [1.82, 2.24) is 34.1 Å². The Morgan fingerprint density at radius 3 is 1.86 bits per heavy atom. The minimum atomic E-state index is 0.474. The zero-order valence-corrected chi connectivity index (χ0v) is 23.3. The molecule has 44 heavy (non-hydrogen) atoms. The second-order valence-electron chi connectivity index (χ2n) is 10.5. The van der Waals surface area contributed by atoms with Gasteiger partial charge in [-0.05, 0) is 48.5 Å². The van der Waals surface area contributed by atoms with Crippen LogP contribution in [0.25, 0.3) is 79.5 Å². The third kappa shape index (κ3) is 3.62. The molecule has 7 nitrogen and oxygen atoms in total. The van der Waals surface area contributed by atoms with Gasteiger partial charge in [0.05, 0.1) is 22.2 Å². The van der Waals surface area contributed by atoms with Crippen LogP contribution in [0, 0.1) is 0 Å². The highest BCUT2D eigenvalue weighted by Gasteiger charge is 2.25. The molecule has 5 heterocycles. The van der Waals surface area contributed by atoms with Crippen LogP contribution in [0.4, 0.5) is 0 Å². The number of hydrogen-bond acceptors (Lipinski definition) is 5. The lowest BCUT2D eigenvalue weighted by atomic mass is 10.1. The molecular weight excluding hydrogens is 542 g/mol. The highest BCUT2D eigenvalue weighted by Crippen LogP contribution is 2.41. The molecule has 0 aliphatic heterocycles. The molecule has 9 rings (SSSR count). The molecule has 204 valence electrons. The van der Waals surface area contributed by atoms with Gasteiger partial charge in [0.15, 0.2) is 11.6 Å². The fourth-order valence-corrected chi connectivity index (χ4v) is 6.12. The van der Waals surface area contributed by atoms with Crippen LogP contribution in [0.15, 0.2) is 127 Å². The van der Waals surface area contributed by atoms with E-state index in [-0.39, 0.29) is 0 Å². The van der Waals surface area contributed by atoms with Crippen molar-refractivity contribution in [2.45, 2.75) is 0 Å². The Morgan fingerprint density at radius 2 is 1.14 bits per heavy atom. The molecule has 3 aromatic carbocycles. The van der Waals surface area contributed by atoms with Crippen molar-refractivity contribution in [2.75, 3.05) is 0 Å². The molecule has 1 aliphatic rings. The lowest BCUT2D eigenvalue weighted by Crippen LogP contribution is -2.08. The van der Waals surface area contributed by atoms with Gasteiger partial charge in [0.2, 0.25) is 5.95 Å². The number of hydrogen-bond donors (Lipinski definition) is 0. The second kappa shape index (κ2) is 9.58. The third-order valence-electron chi connectivity index (χ3n) is 7.98. The molecule has 0 unspecified atom stereocenters. The number of aromatic nitrogens is 7. The molecule has 1 aliphatic carbocycles. The van der Waals surface area contributed by atoms with Crippen LogP contribution in [0.3, 0.4) is 0 Å². The summed E-state index contributed by atoms with van der Waals surface area (Å²) in [4.78, 5) is 24.1. The molecule has 0 amide bonds. The van der Waals surface area contributed by atoms with Crippen LogP contribution in [-0.2, 0) is 0 Å². The van der Waals surface area contributed by atoms with Gasteiger partial charge in [0.25, 0.3) is 0 Å². The topological polar surface area (TPSA) is 74.3 Å². The van der Waals surface area contributed by atoms with Crippen LogP contribution in [0.2, 0.25) is 0 Å². The Labute approximate surface area is 251 Å². The first-order chi connectivity index (χ1) is 21.8. The molecule has 8 aromatic rings. The van der Waals surface area contributed by atoms with Crippen molar-refractivity contribution in [2.24, 2.45) is 0 Å². The predicted molar refractivity (Wildman–Crippen MR) is 173 cm³/mol. The van der Waals surface area contributed by atoms with Gasteiger partial charge in [-0.15, -0.1) is 0 Å². The van der Waals surface area contributed by atoms with E-state index >= 15 is 0 Å². The van der Waals surface area contributed by atoms with Crippen molar-refractivity contribution in [3.05, 3.63) is 138 Å². The van der Waals surface area contributed by atoms with E-state index in [4.69, 9.17) is 15.0 Å². The van der Waals surface area contributed by atoms with Gasteiger partial charge in [-0.25, -0.2) is 4.98 Å². The maximum absolute atomic E-state index is 5.06. The highest BCUT2D eigenvalue weighted by molar-refractivity contribution is 6.19. The average molecular weight is 564 g/mol. The van der Waals surface area contributed by atoms with Gasteiger partial charge in [-0.1, -0.05) is 72.1 Å². The summed E-state index contributed by atoms with van der Waals surface area (Å²) in [7, 11) is 0. The molecule has 0 bridgehead atoms. The first kappa shape index (κ1) is 24.2. The molecule has 0 atom stereocenters. The van der Waals surface area contributed by atoms with Crippen molar-refractivity contribution >= 4 is 44.9 Å². The van der Waals surface area contributed by atoms with Crippen LogP contribution >= 0.6 is 0 Å². The lowest BCUT2D eigenvalue weighted by Gasteiger charge is -2.13. The number of fused-ring (bicyclic) bond motifs is 7. The Morgan fingerprint density at radius 1 is 0.500 bits per heavy atom. The van der Waals surface area contributed by atoms with Crippen LogP contribution < -0.4 is 0 Å². The van der Waals surface area contributed by atoms with Gasteiger partial charge in [-0.3, -0.25) is 14.5 Å². The summed E-state index contributed by atoms with van der Waals surface area (Å²) in [6.45, 7) is 0. The van der Waals surface area contributed by atoms with Crippen molar-refractivity contribution in [3.63, 3.8) is 0 Å². The maximum Gasteiger partial charge on any atom is 0.238 e. The summed E-state index contributed by atoms with van der Waals surface area (Å²) in [5, 5.41) is 3.31.